The number of fused-ring (bicyclic) bond motifs is 3. The van der Waals surface area contributed by atoms with E-state index in [9.17, 15) is 5.11 Å². The van der Waals surface area contributed by atoms with Crippen molar-refractivity contribution in [1.29, 1.82) is 0 Å². The van der Waals surface area contributed by atoms with Gasteiger partial charge in [0.05, 0.1) is 12.6 Å². The van der Waals surface area contributed by atoms with Crippen LogP contribution in [0.1, 0.15) is 13.3 Å². The van der Waals surface area contributed by atoms with Gasteiger partial charge in [-0.05, 0) is 13.3 Å². The van der Waals surface area contributed by atoms with Crippen LogP contribution in [0.3, 0.4) is 0 Å². The zero-order chi connectivity index (χ0) is 13.9. The smallest absolute Gasteiger partial charge is 0.194 e. The summed E-state index contributed by atoms with van der Waals surface area (Å²) in [7, 11) is 0. The molecule has 0 spiro atoms. The molecule has 7 heteroatoms. The van der Waals surface area contributed by atoms with Crippen LogP contribution < -0.4 is 5.32 Å². The SMILES string of the molecule is CCNC(=NCC1CN2CCN1CC2)N1CC[C@@H](O)C1.I. The van der Waals surface area contributed by atoms with Crippen LogP contribution in [0.2, 0.25) is 0 Å². The van der Waals surface area contributed by atoms with E-state index in [2.05, 4.69) is 26.9 Å². The van der Waals surface area contributed by atoms with Gasteiger partial charge in [-0.15, -0.1) is 24.0 Å². The number of aliphatic hydroxyl groups excluding tert-OH is 1. The maximum absolute atomic E-state index is 9.68. The summed E-state index contributed by atoms with van der Waals surface area (Å²) in [5.41, 5.74) is 0. The number of aliphatic hydroxyl groups is 1. The highest BCUT2D eigenvalue weighted by atomic mass is 127. The molecule has 0 aliphatic carbocycles. The van der Waals surface area contributed by atoms with Gasteiger partial charge in [0.25, 0.3) is 0 Å². The Hall–Kier alpha value is -0.120. The van der Waals surface area contributed by atoms with E-state index in [-0.39, 0.29) is 30.1 Å². The van der Waals surface area contributed by atoms with Crippen molar-refractivity contribution in [2.45, 2.75) is 25.5 Å². The summed E-state index contributed by atoms with van der Waals surface area (Å²) < 4.78 is 0. The molecule has 4 heterocycles. The Balaban J connectivity index is 0.00000161. The van der Waals surface area contributed by atoms with Crippen molar-refractivity contribution in [2.24, 2.45) is 4.99 Å². The number of aliphatic imine (C=N–C) groups is 1. The van der Waals surface area contributed by atoms with Crippen molar-refractivity contribution >= 4 is 29.9 Å². The summed E-state index contributed by atoms with van der Waals surface area (Å²) in [4.78, 5) is 12.1. The van der Waals surface area contributed by atoms with Crippen molar-refractivity contribution in [1.82, 2.24) is 20.0 Å². The summed E-state index contributed by atoms with van der Waals surface area (Å²) in [5.74, 6) is 0.974. The molecule has 4 aliphatic rings. The summed E-state index contributed by atoms with van der Waals surface area (Å²) in [6.45, 7) is 11.5. The van der Waals surface area contributed by atoms with E-state index in [1.807, 2.05) is 0 Å². The van der Waals surface area contributed by atoms with E-state index in [1.54, 1.807) is 0 Å². The third-order valence-corrected chi connectivity index (χ3v) is 4.64. The zero-order valence-corrected chi connectivity index (χ0v) is 15.2. The molecule has 0 aromatic carbocycles. The predicted octanol–water partition coefficient (Wildman–Crippen LogP) is -0.364. The minimum atomic E-state index is -0.195. The maximum atomic E-state index is 9.68. The Morgan fingerprint density at radius 3 is 2.48 bits per heavy atom. The molecule has 0 amide bonds. The van der Waals surface area contributed by atoms with Gasteiger partial charge in [0, 0.05) is 58.4 Å². The standard InChI is InChI=1S/C14H27N5O.HI/c1-2-15-14(19-4-3-13(20)11-19)16-9-12-10-17-5-7-18(12)8-6-17;/h12-13,20H,2-11H2,1H3,(H,15,16);1H/t12?,13-;/m1./s1. The average molecular weight is 409 g/mol. The highest BCUT2D eigenvalue weighted by Crippen LogP contribution is 2.16. The molecule has 0 saturated carbocycles. The van der Waals surface area contributed by atoms with E-state index in [1.165, 1.54) is 26.2 Å². The average Bonchev–Trinajstić information content (AvgIpc) is 2.91. The number of piperazine rings is 3. The molecule has 4 rings (SSSR count). The van der Waals surface area contributed by atoms with Crippen LogP contribution in [-0.4, -0.2) is 96.8 Å². The molecule has 6 nitrogen and oxygen atoms in total. The molecule has 2 atom stereocenters. The molecule has 0 aromatic rings. The number of guanidine groups is 1. The van der Waals surface area contributed by atoms with Gasteiger partial charge in [-0.25, -0.2) is 0 Å². The van der Waals surface area contributed by atoms with Crippen LogP contribution in [0.25, 0.3) is 0 Å². The third-order valence-electron chi connectivity index (χ3n) is 4.64. The minimum absolute atomic E-state index is 0. The molecular formula is C14H28IN5O. The van der Waals surface area contributed by atoms with E-state index < -0.39 is 0 Å². The first-order chi connectivity index (χ1) is 9.76. The van der Waals surface area contributed by atoms with Crippen LogP contribution in [0.15, 0.2) is 4.99 Å². The summed E-state index contributed by atoms with van der Waals surface area (Å²) in [5, 5.41) is 13.0. The lowest BCUT2D eigenvalue weighted by Gasteiger charge is -2.47. The Labute approximate surface area is 144 Å². The third kappa shape index (κ3) is 4.20. The predicted molar refractivity (Wildman–Crippen MR) is 95.4 cm³/mol. The number of hydrogen-bond donors (Lipinski definition) is 2. The number of nitrogens with zero attached hydrogens (tertiary/aromatic N) is 4. The van der Waals surface area contributed by atoms with Gasteiger partial charge in [-0.1, -0.05) is 0 Å². The second kappa shape index (κ2) is 7.94. The minimum Gasteiger partial charge on any atom is -0.391 e. The number of β-amino-alcohol motifs (C(OH)–C–C–N with tert-alkyl or cyclic N) is 1. The van der Waals surface area contributed by atoms with E-state index >= 15 is 0 Å². The van der Waals surface area contributed by atoms with E-state index in [0.717, 1.165) is 38.6 Å². The van der Waals surface area contributed by atoms with Crippen LogP contribution >= 0.6 is 24.0 Å². The lowest BCUT2D eigenvalue weighted by atomic mass is 10.1. The molecule has 2 N–H and O–H groups in total. The number of halogens is 1. The van der Waals surface area contributed by atoms with Crippen LogP contribution in [0.4, 0.5) is 0 Å². The van der Waals surface area contributed by atoms with Gasteiger partial charge in [0.15, 0.2) is 5.96 Å². The maximum Gasteiger partial charge on any atom is 0.194 e. The Bertz CT molecular complexity index is 359. The van der Waals surface area contributed by atoms with Crippen LogP contribution in [0, 0.1) is 0 Å². The molecule has 1 unspecified atom stereocenters. The Morgan fingerprint density at radius 2 is 1.95 bits per heavy atom. The summed E-state index contributed by atoms with van der Waals surface area (Å²) >= 11 is 0. The monoisotopic (exact) mass is 409 g/mol. The molecular weight excluding hydrogens is 381 g/mol. The fourth-order valence-electron chi connectivity index (χ4n) is 3.45. The number of nitrogens with one attached hydrogen (secondary N) is 1. The van der Waals surface area contributed by atoms with Gasteiger partial charge < -0.3 is 15.3 Å². The topological polar surface area (TPSA) is 54.3 Å². The first-order valence-corrected chi connectivity index (χ1v) is 7.94. The molecule has 122 valence electrons. The van der Waals surface area contributed by atoms with Crippen molar-refractivity contribution < 1.29 is 5.11 Å². The second-order valence-electron chi connectivity index (χ2n) is 6.07. The fraction of sp³-hybridized carbons (Fsp3) is 0.929. The van der Waals surface area contributed by atoms with Crippen molar-refractivity contribution in [3.05, 3.63) is 0 Å². The van der Waals surface area contributed by atoms with Crippen molar-refractivity contribution in [3.63, 3.8) is 0 Å². The zero-order valence-electron chi connectivity index (χ0n) is 12.9. The van der Waals surface area contributed by atoms with Crippen molar-refractivity contribution in [3.8, 4) is 0 Å². The first-order valence-electron chi connectivity index (χ1n) is 7.94. The molecule has 2 bridgehead atoms. The van der Waals surface area contributed by atoms with Gasteiger partial charge >= 0.3 is 0 Å². The van der Waals surface area contributed by atoms with Crippen LogP contribution in [0.5, 0.6) is 0 Å². The highest BCUT2D eigenvalue weighted by Gasteiger charge is 2.32. The molecule has 21 heavy (non-hydrogen) atoms. The molecule has 4 saturated heterocycles. The second-order valence-corrected chi connectivity index (χ2v) is 6.07. The molecule has 0 radical (unpaired) electrons. The number of likely N-dealkylation sites (tertiary alicyclic amines) is 1. The summed E-state index contributed by atoms with van der Waals surface area (Å²) in [6, 6.07) is 0.568. The number of rotatable bonds is 3. The molecule has 4 fully saturated rings. The highest BCUT2D eigenvalue weighted by molar-refractivity contribution is 14.0. The lowest BCUT2D eigenvalue weighted by molar-refractivity contribution is 0.0173. The normalized spacial score (nSPS) is 35.7. The summed E-state index contributed by atoms with van der Waals surface area (Å²) in [6.07, 6.45) is 0.660. The fourth-order valence-corrected chi connectivity index (χ4v) is 3.45. The van der Waals surface area contributed by atoms with E-state index in [0.29, 0.717) is 12.6 Å². The van der Waals surface area contributed by atoms with Crippen molar-refractivity contribution in [2.75, 3.05) is 58.9 Å². The van der Waals surface area contributed by atoms with Gasteiger partial charge in [0.2, 0.25) is 0 Å². The Kier molecular flexibility index (Phi) is 6.51. The Morgan fingerprint density at radius 1 is 1.19 bits per heavy atom. The van der Waals surface area contributed by atoms with E-state index in [4.69, 9.17) is 4.99 Å². The molecule has 0 aromatic heterocycles. The van der Waals surface area contributed by atoms with Crippen LogP contribution in [-0.2, 0) is 0 Å². The number of hydrogen-bond acceptors (Lipinski definition) is 4. The molecule has 4 aliphatic heterocycles. The lowest BCUT2D eigenvalue weighted by Crippen LogP contribution is -2.62. The largest absolute Gasteiger partial charge is 0.391 e. The van der Waals surface area contributed by atoms with Gasteiger partial charge in [-0.3, -0.25) is 14.8 Å². The van der Waals surface area contributed by atoms with Gasteiger partial charge in [0.1, 0.15) is 0 Å². The first kappa shape index (κ1) is 17.2. The quantitative estimate of drug-likeness (QED) is 0.379. The van der Waals surface area contributed by atoms with Gasteiger partial charge in [-0.2, -0.15) is 0 Å².